The largest absolute Gasteiger partial charge is 0.497 e. The van der Waals surface area contributed by atoms with E-state index in [-0.39, 0.29) is 31.9 Å². The summed E-state index contributed by atoms with van der Waals surface area (Å²) < 4.78 is 124. The van der Waals surface area contributed by atoms with E-state index in [0.717, 1.165) is 36.8 Å². The van der Waals surface area contributed by atoms with Crippen LogP contribution in [0, 0.1) is 0 Å². The standard InChI is InChI=1S/C13H18BF3N2O2.C7H6BrF3N2.C6H4BrF3N2/c1-11(2)12(3,4)21-14(20-11)9-7-19-10(18-5)6-8(9)13(15,16)17;1-12-6-2-4(7(9,10)11)5(8)3-13-6;7-4-2-12-5(11)1-3(4)6(8,9)10/h6-7H,1-5H3,(H,18,19);2-3H,1H3,(H,12,13);1-2H,(H2,11,12). The first kappa shape index (κ1) is 39.3. The van der Waals surface area contributed by atoms with Crippen molar-refractivity contribution in [3.63, 3.8) is 0 Å². The highest BCUT2D eigenvalue weighted by atomic mass is 79.9. The minimum atomic E-state index is -4.51. The quantitative estimate of drug-likeness (QED) is 0.182. The second-order valence-corrected chi connectivity index (χ2v) is 12.1. The number of alkyl halides is 9. The van der Waals surface area contributed by atoms with Gasteiger partial charge in [-0.2, -0.15) is 39.5 Å². The molecular formula is C26H28BBr2F9N6O2. The summed E-state index contributed by atoms with van der Waals surface area (Å²) in [6.07, 6.45) is -9.96. The van der Waals surface area contributed by atoms with Crippen molar-refractivity contribution in [3.05, 3.63) is 62.4 Å². The molecule has 0 spiro atoms. The molecule has 1 saturated heterocycles. The van der Waals surface area contributed by atoms with Crippen molar-refractivity contribution in [1.29, 1.82) is 0 Å². The number of hydrogen-bond donors (Lipinski definition) is 3. The average molecular weight is 798 g/mol. The first-order valence-electron chi connectivity index (χ1n) is 12.8. The van der Waals surface area contributed by atoms with E-state index in [0.29, 0.717) is 0 Å². The Labute approximate surface area is 275 Å². The van der Waals surface area contributed by atoms with Gasteiger partial charge in [-0.1, -0.05) is 0 Å². The van der Waals surface area contributed by atoms with Crippen molar-refractivity contribution in [2.75, 3.05) is 30.5 Å². The van der Waals surface area contributed by atoms with Crippen LogP contribution in [-0.4, -0.2) is 47.4 Å². The molecule has 8 nitrogen and oxygen atoms in total. The third kappa shape index (κ3) is 10.1. The lowest BCUT2D eigenvalue weighted by molar-refractivity contribution is -0.139. The molecule has 20 heteroatoms. The lowest BCUT2D eigenvalue weighted by atomic mass is 9.77. The fourth-order valence-electron chi connectivity index (χ4n) is 3.47. The number of nitrogens with two attached hydrogens (primary N) is 1. The Morgan fingerprint density at radius 2 is 1.02 bits per heavy atom. The van der Waals surface area contributed by atoms with E-state index in [9.17, 15) is 39.5 Å². The molecule has 4 N–H and O–H groups in total. The van der Waals surface area contributed by atoms with E-state index in [1.165, 1.54) is 14.1 Å². The summed E-state index contributed by atoms with van der Waals surface area (Å²) in [6.45, 7) is 7.15. The van der Waals surface area contributed by atoms with Gasteiger partial charge in [0.05, 0.1) is 27.9 Å². The zero-order valence-electron chi connectivity index (χ0n) is 24.9. The Morgan fingerprint density at radius 1 is 0.652 bits per heavy atom. The van der Waals surface area contributed by atoms with Gasteiger partial charge in [0, 0.05) is 47.1 Å². The maximum absolute atomic E-state index is 13.2. The van der Waals surface area contributed by atoms with Crippen LogP contribution in [0.1, 0.15) is 44.4 Å². The number of hydrogen-bond acceptors (Lipinski definition) is 8. The maximum Gasteiger partial charge on any atom is 0.497 e. The van der Waals surface area contributed by atoms with E-state index < -0.39 is 53.5 Å². The van der Waals surface area contributed by atoms with E-state index >= 15 is 0 Å². The van der Waals surface area contributed by atoms with Crippen LogP contribution in [0.15, 0.2) is 45.7 Å². The average Bonchev–Trinajstić information content (AvgIpc) is 3.15. The molecule has 0 atom stereocenters. The molecule has 4 rings (SSSR count). The Balaban J connectivity index is 0.000000255. The summed E-state index contributed by atoms with van der Waals surface area (Å²) in [4.78, 5) is 11.1. The summed E-state index contributed by atoms with van der Waals surface area (Å²) in [5.74, 6) is 0.184. The lowest BCUT2D eigenvalue weighted by Gasteiger charge is -2.32. The van der Waals surface area contributed by atoms with Gasteiger partial charge in [-0.25, -0.2) is 15.0 Å². The molecule has 3 aromatic heterocycles. The normalized spacial score (nSPS) is 15.7. The van der Waals surface area contributed by atoms with Crippen LogP contribution >= 0.6 is 31.9 Å². The third-order valence-electron chi connectivity index (χ3n) is 6.60. The molecule has 0 bridgehead atoms. The molecule has 0 radical (unpaired) electrons. The molecule has 0 unspecified atom stereocenters. The number of rotatable bonds is 3. The molecule has 4 heterocycles. The van der Waals surface area contributed by atoms with Crippen LogP contribution in [-0.2, 0) is 27.8 Å². The van der Waals surface area contributed by atoms with Gasteiger partial charge in [0.2, 0.25) is 0 Å². The summed E-state index contributed by atoms with van der Waals surface area (Å²) in [5.41, 5.74) is 1.22. The van der Waals surface area contributed by atoms with E-state index in [1.54, 1.807) is 27.7 Å². The third-order valence-corrected chi connectivity index (χ3v) is 7.87. The molecule has 254 valence electrons. The van der Waals surface area contributed by atoms with Crippen molar-refractivity contribution in [1.82, 2.24) is 15.0 Å². The highest BCUT2D eigenvalue weighted by Crippen LogP contribution is 2.39. The van der Waals surface area contributed by atoms with Gasteiger partial charge < -0.3 is 25.7 Å². The molecule has 1 aliphatic rings. The minimum absolute atomic E-state index is 0.0565. The Kier molecular flexibility index (Phi) is 12.4. The van der Waals surface area contributed by atoms with Crippen molar-refractivity contribution in [2.24, 2.45) is 0 Å². The number of nitrogens with one attached hydrogen (secondary N) is 2. The molecule has 0 aromatic carbocycles. The van der Waals surface area contributed by atoms with E-state index in [2.05, 4.69) is 57.4 Å². The smallest absolute Gasteiger partial charge is 0.399 e. The summed E-state index contributed by atoms with van der Waals surface area (Å²) in [6, 6.07) is 2.69. The zero-order valence-corrected chi connectivity index (χ0v) is 28.1. The van der Waals surface area contributed by atoms with Crippen LogP contribution in [0.2, 0.25) is 0 Å². The van der Waals surface area contributed by atoms with Gasteiger partial charge in [0.25, 0.3) is 0 Å². The van der Waals surface area contributed by atoms with Crippen molar-refractivity contribution >= 4 is 61.9 Å². The number of aromatic nitrogens is 3. The van der Waals surface area contributed by atoms with Gasteiger partial charge in [-0.05, 0) is 77.8 Å². The predicted molar refractivity (Wildman–Crippen MR) is 162 cm³/mol. The fraction of sp³-hybridized carbons (Fsp3) is 0.423. The molecule has 0 aliphatic carbocycles. The van der Waals surface area contributed by atoms with Gasteiger partial charge >= 0.3 is 25.6 Å². The molecule has 1 aliphatic heterocycles. The lowest BCUT2D eigenvalue weighted by Crippen LogP contribution is -2.41. The second kappa shape index (κ2) is 14.5. The number of anilines is 3. The SMILES string of the molecule is CNc1cc(C(F)(F)F)c(B2OC(C)(C)C(C)(C)O2)cn1.CNc1cc(C(F)(F)F)c(Br)cn1.Nc1cc(C(F)(F)F)c(Br)cn1. The monoisotopic (exact) mass is 796 g/mol. The van der Waals surface area contributed by atoms with Crippen molar-refractivity contribution in [2.45, 2.75) is 57.4 Å². The van der Waals surface area contributed by atoms with Gasteiger partial charge in [-0.3, -0.25) is 0 Å². The fourth-order valence-corrected chi connectivity index (χ4v) is 4.35. The molecule has 1 fully saturated rings. The Hall–Kier alpha value is -2.84. The topological polar surface area (TPSA) is 107 Å². The Bertz CT molecular complexity index is 1490. The molecule has 46 heavy (non-hydrogen) atoms. The number of halogens is 11. The first-order chi connectivity index (χ1) is 20.8. The van der Waals surface area contributed by atoms with Crippen molar-refractivity contribution in [3.8, 4) is 0 Å². The summed E-state index contributed by atoms with van der Waals surface area (Å²) >= 11 is 5.51. The number of pyridine rings is 3. The van der Waals surface area contributed by atoms with Gasteiger partial charge in [-0.15, -0.1) is 0 Å². The van der Waals surface area contributed by atoms with Crippen molar-refractivity contribution < 1.29 is 48.8 Å². The number of nitrogens with zero attached hydrogens (tertiary/aromatic N) is 3. The van der Waals surface area contributed by atoms with Crippen LogP contribution in [0.25, 0.3) is 0 Å². The van der Waals surface area contributed by atoms with E-state index in [4.69, 9.17) is 15.0 Å². The first-order valence-corrected chi connectivity index (χ1v) is 14.4. The Morgan fingerprint density at radius 3 is 1.41 bits per heavy atom. The van der Waals surface area contributed by atoms with Crippen LogP contribution in [0.3, 0.4) is 0 Å². The zero-order chi connectivity index (χ0) is 35.5. The second-order valence-electron chi connectivity index (χ2n) is 10.4. The number of nitrogen functional groups attached to an aromatic ring is 1. The van der Waals surface area contributed by atoms with Crippen LogP contribution in [0.5, 0.6) is 0 Å². The highest BCUT2D eigenvalue weighted by molar-refractivity contribution is 9.10. The molecule has 3 aromatic rings. The molecule has 0 amide bonds. The van der Waals surface area contributed by atoms with Gasteiger partial charge in [0.1, 0.15) is 17.5 Å². The van der Waals surface area contributed by atoms with Crippen LogP contribution in [0.4, 0.5) is 57.0 Å². The van der Waals surface area contributed by atoms with Gasteiger partial charge in [0.15, 0.2) is 0 Å². The van der Waals surface area contributed by atoms with Crippen LogP contribution < -0.4 is 21.8 Å². The maximum atomic E-state index is 13.2. The highest BCUT2D eigenvalue weighted by Gasteiger charge is 2.54. The summed E-state index contributed by atoms with van der Waals surface area (Å²) in [5, 5.41) is 5.13. The predicted octanol–water partition coefficient (Wildman–Crippen LogP) is 7.79. The molecule has 0 saturated carbocycles. The van der Waals surface area contributed by atoms with E-state index in [1.807, 2.05) is 0 Å². The molecular weight excluding hydrogens is 770 g/mol. The minimum Gasteiger partial charge on any atom is -0.399 e. The summed E-state index contributed by atoms with van der Waals surface area (Å²) in [7, 11) is 1.93.